The normalized spacial score (nSPS) is 15.6. The Morgan fingerprint density at radius 2 is 1.95 bits per heavy atom. The van der Waals surface area contributed by atoms with Gasteiger partial charge in [0.2, 0.25) is 0 Å². The predicted molar refractivity (Wildman–Crippen MR) is 76.9 cm³/mol. The van der Waals surface area contributed by atoms with Crippen LogP contribution >= 0.6 is 12.2 Å². The molecule has 1 aliphatic rings. The van der Waals surface area contributed by atoms with E-state index in [9.17, 15) is 0 Å². The summed E-state index contributed by atoms with van der Waals surface area (Å²) in [5, 5.41) is 4.37. The maximum Gasteiger partial charge on any atom is 0.288 e. The lowest BCUT2D eigenvalue weighted by atomic mass is 10.3. The second-order valence-electron chi connectivity index (χ2n) is 4.83. The van der Waals surface area contributed by atoms with E-state index in [-0.39, 0.29) is 0 Å². The lowest BCUT2D eigenvalue weighted by molar-refractivity contribution is 0.249. The van der Waals surface area contributed by atoms with Gasteiger partial charge in [0.05, 0.1) is 6.67 Å². The van der Waals surface area contributed by atoms with E-state index in [0.29, 0.717) is 24.0 Å². The van der Waals surface area contributed by atoms with E-state index in [1.807, 2.05) is 30.3 Å². The second-order valence-corrected chi connectivity index (χ2v) is 5.18. The van der Waals surface area contributed by atoms with E-state index in [2.05, 4.69) is 10.00 Å². The Balaban J connectivity index is 1.61. The summed E-state index contributed by atoms with van der Waals surface area (Å²) < 4.78 is 12.8. The molecule has 0 amide bonds. The largest absolute Gasteiger partial charge is 0.484 e. The van der Waals surface area contributed by atoms with Crippen LogP contribution < -0.4 is 4.74 Å². The zero-order chi connectivity index (χ0) is 13.8. The lowest BCUT2D eigenvalue weighted by Crippen LogP contribution is -2.23. The third-order valence-electron chi connectivity index (χ3n) is 3.29. The molecule has 6 heteroatoms. The summed E-state index contributed by atoms with van der Waals surface area (Å²) in [6.07, 6.45) is 2.49. The molecular weight excluding hydrogens is 274 g/mol. The Bertz CT molecular complexity index is 602. The Morgan fingerprint density at radius 3 is 2.70 bits per heavy atom. The van der Waals surface area contributed by atoms with Crippen molar-refractivity contribution in [3.05, 3.63) is 41.1 Å². The van der Waals surface area contributed by atoms with Crippen LogP contribution in [0.2, 0.25) is 0 Å². The minimum atomic E-state index is 0.292. The SMILES string of the molecule is S=c1oc(COc2ccccc2)nn1CN1CCCC1. The Kier molecular flexibility index (Phi) is 4.13. The molecule has 1 fully saturated rings. The number of rotatable bonds is 5. The molecule has 0 spiro atoms. The fraction of sp³-hybridized carbons (Fsp3) is 0.429. The van der Waals surface area contributed by atoms with Crippen molar-refractivity contribution >= 4 is 12.2 Å². The predicted octanol–water partition coefficient (Wildman–Crippen LogP) is 2.84. The first-order chi connectivity index (χ1) is 9.81. The van der Waals surface area contributed by atoms with Gasteiger partial charge < -0.3 is 9.15 Å². The minimum absolute atomic E-state index is 0.292. The van der Waals surface area contributed by atoms with E-state index in [0.717, 1.165) is 18.8 Å². The molecule has 1 aromatic carbocycles. The molecule has 0 N–H and O–H groups in total. The molecule has 0 unspecified atom stereocenters. The molecule has 2 heterocycles. The van der Waals surface area contributed by atoms with Gasteiger partial charge in [-0.05, 0) is 50.3 Å². The summed E-state index contributed by atoms with van der Waals surface area (Å²) in [6, 6.07) is 9.60. The fourth-order valence-electron chi connectivity index (χ4n) is 2.27. The molecular formula is C14H17N3O2S. The molecule has 106 valence electrons. The molecule has 1 saturated heterocycles. The van der Waals surface area contributed by atoms with Gasteiger partial charge in [-0.1, -0.05) is 18.2 Å². The van der Waals surface area contributed by atoms with Crippen molar-refractivity contribution in [1.29, 1.82) is 0 Å². The molecule has 3 rings (SSSR count). The smallest absolute Gasteiger partial charge is 0.288 e. The van der Waals surface area contributed by atoms with Gasteiger partial charge in [-0.3, -0.25) is 4.90 Å². The monoisotopic (exact) mass is 291 g/mol. The molecule has 0 aliphatic carbocycles. The maximum absolute atomic E-state index is 5.60. The molecule has 2 aromatic rings. The number of likely N-dealkylation sites (tertiary alicyclic amines) is 1. The third-order valence-corrected chi connectivity index (χ3v) is 3.58. The minimum Gasteiger partial charge on any atom is -0.484 e. The summed E-state index contributed by atoms with van der Waals surface area (Å²) in [7, 11) is 0. The van der Waals surface area contributed by atoms with E-state index >= 15 is 0 Å². The second kappa shape index (κ2) is 6.19. The van der Waals surface area contributed by atoms with Gasteiger partial charge in [0.25, 0.3) is 10.7 Å². The Hall–Kier alpha value is -1.66. The van der Waals surface area contributed by atoms with Gasteiger partial charge in [-0.15, -0.1) is 5.10 Å². The maximum atomic E-state index is 5.60. The van der Waals surface area contributed by atoms with Crippen molar-refractivity contribution in [1.82, 2.24) is 14.7 Å². The molecule has 0 radical (unpaired) electrons. The van der Waals surface area contributed by atoms with Crippen molar-refractivity contribution in [2.24, 2.45) is 0 Å². The van der Waals surface area contributed by atoms with Crippen LogP contribution in [0, 0.1) is 4.84 Å². The zero-order valence-electron chi connectivity index (χ0n) is 11.2. The highest BCUT2D eigenvalue weighted by molar-refractivity contribution is 7.71. The molecule has 5 nitrogen and oxygen atoms in total. The first kappa shape index (κ1) is 13.3. The van der Waals surface area contributed by atoms with Gasteiger partial charge in [0.1, 0.15) is 5.75 Å². The van der Waals surface area contributed by atoms with Crippen molar-refractivity contribution in [2.45, 2.75) is 26.1 Å². The summed E-state index contributed by atoms with van der Waals surface area (Å²) in [4.78, 5) is 2.73. The van der Waals surface area contributed by atoms with Crippen LogP contribution in [0.15, 0.2) is 34.7 Å². The van der Waals surface area contributed by atoms with Gasteiger partial charge >= 0.3 is 0 Å². The molecule has 1 aromatic heterocycles. The number of hydrogen-bond acceptors (Lipinski definition) is 5. The average Bonchev–Trinajstić information content (AvgIpc) is 3.09. The van der Waals surface area contributed by atoms with Crippen molar-refractivity contribution in [2.75, 3.05) is 13.1 Å². The number of hydrogen-bond donors (Lipinski definition) is 0. The summed E-state index contributed by atoms with van der Waals surface area (Å²) in [5.74, 6) is 1.31. The van der Waals surface area contributed by atoms with Gasteiger partial charge in [0.15, 0.2) is 6.61 Å². The van der Waals surface area contributed by atoms with Gasteiger partial charge in [-0.25, -0.2) is 4.68 Å². The molecule has 0 saturated carbocycles. The van der Waals surface area contributed by atoms with Crippen molar-refractivity contribution < 1.29 is 9.15 Å². The molecule has 0 bridgehead atoms. The number of nitrogens with zero attached hydrogens (tertiary/aromatic N) is 3. The van der Waals surface area contributed by atoms with E-state index in [1.54, 1.807) is 4.68 Å². The highest BCUT2D eigenvalue weighted by Crippen LogP contribution is 2.12. The van der Waals surface area contributed by atoms with Crippen LogP contribution in [0.5, 0.6) is 5.75 Å². The van der Waals surface area contributed by atoms with Crippen LogP contribution in [0.1, 0.15) is 18.7 Å². The number of benzene rings is 1. The van der Waals surface area contributed by atoms with Crippen LogP contribution in [0.4, 0.5) is 0 Å². The zero-order valence-corrected chi connectivity index (χ0v) is 12.0. The molecule has 1 aliphatic heterocycles. The summed E-state index contributed by atoms with van der Waals surface area (Å²) in [6.45, 7) is 3.20. The first-order valence-electron chi connectivity index (χ1n) is 6.78. The average molecular weight is 291 g/mol. The van der Waals surface area contributed by atoms with E-state index in [4.69, 9.17) is 21.4 Å². The Labute approximate surface area is 122 Å². The van der Waals surface area contributed by atoms with Crippen LogP contribution in [0.25, 0.3) is 0 Å². The lowest BCUT2D eigenvalue weighted by Gasteiger charge is -2.12. The van der Waals surface area contributed by atoms with E-state index in [1.165, 1.54) is 12.8 Å². The highest BCUT2D eigenvalue weighted by atomic mass is 32.1. The van der Waals surface area contributed by atoms with Crippen LogP contribution in [0.3, 0.4) is 0 Å². The molecule has 0 atom stereocenters. The fourth-order valence-corrected chi connectivity index (χ4v) is 2.47. The Morgan fingerprint density at radius 1 is 1.20 bits per heavy atom. The third kappa shape index (κ3) is 3.26. The van der Waals surface area contributed by atoms with Crippen molar-refractivity contribution in [3.63, 3.8) is 0 Å². The summed E-state index contributed by atoms with van der Waals surface area (Å²) in [5.41, 5.74) is 0. The van der Waals surface area contributed by atoms with E-state index < -0.39 is 0 Å². The van der Waals surface area contributed by atoms with Gasteiger partial charge in [0, 0.05) is 0 Å². The highest BCUT2D eigenvalue weighted by Gasteiger charge is 2.14. The quantitative estimate of drug-likeness (QED) is 0.793. The number of ether oxygens (including phenoxy) is 1. The van der Waals surface area contributed by atoms with Crippen LogP contribution in [-0.4, -0.2) is 27.8 Å². The molecule has 20 heavy (non-hydrogen) atoms. The topological polar surface area (TPSA) is 43.4 Å². The number of para-hydroxylation sites is 1. The van der Waals surface area contributed by atoms with Gasteiger partial charge in [-0.2, -0.15) is 0 Å². The van der Waals surface area contributed by atoms with Crippen LogP contribution in [-0.2, 0) is 13.3 Å². The number of aromatic nitrogens is 2. The van der Waals surface area contributed by atoms with Crippen molar-refractivity contribution in [3.8, 4) is 5.75 Å². The first-order valence-corrected chi connectivity index (χ1v) is 7.19. The summed E-state index contributed by atoms with van der Waals surface area (Å²) >= 11 is 5.19. The standard InChI is InChI=1S/C14H17N3O2S/c20-14-17(11-16-8-4-5-9-16)15-13(19-14)10-18-12-6-2-1-3-7-12/h1-3,6-7H,4-5,8-11H2.